The van der Waals surface area contributed by atoms with E-state index in [9.17, 15) is 4.79 Å². The van der Waals surface area contributed by atoms with Crippen molar-refractivity contribution in [2.45, 2.75) is 45.2 Å². The van der Waals surface area contributed by atoms with Gasteiger partial charge < -0.3 is 10.2 Å². The molecular weight excluding hydrogens is 459 g/mol. The summed E-state index contributed by atoms with van der Waals surface area (Å²) < 4.78 is 1.88. The number of hydrogen-bond acceptors (Lipinski definition) is 5. The Morgan fingerprint density at radius 1 is 1.30 bits per heavy atom. The molecule has 3 aromatic rings. The lowest BCUT2D eigenvalue weighted by atomic mass is 10.0. The molecule has 1 amide bonds. The smallest absolute Gasteiger partial charge is 0.239 e. The molecule has 2 aromatic heterocycles. The second kappa shape index (κ2) is 9.05. The molecule has 4 heterocycles. The minimum absolute atomic E-state index is 0.0328. The molecule has 7 nitrogen and oxygen atoms in total. The first-order valence-corrected chi connectivity index (χ1v) is 12.1. The molecule has 0 radical (unpaired) electrons. The maximum atomic E-state index is 12.7. The van der Waals surface area contributed by atoms with Gasteiger partial charge in [0.25, 0.3) is 0 Å². The van der Waals surface area contributed by atoms with Crippen LogP contribution in [0.3, 0.4) is 0 Å². The summed E-state index contributed by atoms with van der Waals surface area (Å²) in [4.78, 5) is 24.2. The van der Waals surface area contributed by atoms with Gasteiger partial charge in [0.1, 0.15) is 5.52 Å². The van der Waals surface area contributed by atoms with Gasteiger partial charge in [-0.1, -0.05) is 35.3 Å². The van der Waals surface area contributed by atoms with Gasteiger partial charge in [0.2, 0.25) is 5.91 Å². The minimum atomic E-state index is -0.136. The van der Waals surface area contributed by atoms with E-state index in [1.807, 2.05) is 41.8 Å². The normalized spacial score (nSPS) is 19.7. The molecule has 1 aromatic carbocycles. The summed E-state index contributed by atoms with van der Waals surface area (Å²) in [6.07, 6.45) is 6.65. The van der Waals surface area contributed by atoms with E-state index < -0.39 is 0 Å². The quantitative estimate of drug-likeness (QED) is 0.592. The van der Waals surface area contributed by atoms with Crippen molar-refractivity contribution >= 4 is 45.8 Å². The summed E-state index contributed by atoms with van der Waals surface area (Å²) in [5.74, 6) is 0.201. The van der Waals surface area contributed by atoms with E-state index in [0.29, 0.717) is 23.1 Å². The molecule has 9 heteroatoms. The van der Waals surface area contributed by atoms with Crippen molar-refractivity contribution in [2.24, 2.45) is 0 Å². The highest BCUT2D eigenvalue weighted by molar-refractivity contribution is 6.35. The fourth-order valence-corrected chi connectivity index (χ4v) is 5.23. The molecular formula is C24H26Cl2N6O. The third-order valence-corrected chi connectivity index (χ3v) is 7.12. The first-order valence-electron chi connectivity index (χ1n) is 11.3. The van der Waals surface area contributed by atoms with Crippen LogP contribution in [0.25, 0.3) is 16.7 Å². The highest BCUT2D eigenvalue weighted by Gasteiger charge is 2.28. The first-order chi connectivity index (χ1) is 15.9. The number of aryl methyl sites for hydroxylation is 1. The van der Waals surface area contributed by atoms with Crippen molar-refractivity contribution in [3.63, 3.8) is 0 Å². The van der Waals surface area contributed by atoms with Crippen LogP contribution < -0.4 is 5.32 Å². The lowest BCUT2D eigenvalue weighted by Gasteiger charge is -2.28. The second-order valence-electron chi connectivity index (χ2n) is 8.71. The second-order valence-corrected chi connectivity index (χ2v) is 9.56. The number of nitrogens with zero attached hydrogens (tertiary/aromatic N) is 5. The van der Waals surface area contributed by atoms with Gasteiger partial charge in [0.05, 0.1) is 29.7 Å². The van der Waals surface area contributed by atoms with Crippen LogP contribution in [-0.4, -0.2) is 56.2 Å². The Labute approximate surface area is 202 Å². The van der Waals surface area contributed by atoms with Crippen LogP contribution in [0.5, 0.6) is 0 Å². The first kappa shape index (κ1) is 22.3. The zero-order valence-electron chi connectivity index (χ0n) is 18.7. The van der Waals surface area contributed by atoms with Crippen LogP contribution in [0.2, 0.25) is 10.0 Å². The summed E-state index contributed by atoms with van der Waals surface area (Å²) in [5.41, 5.74) is 5.16. The third kappa shape index (κ3) is 4.25. The van der Waals surface area contributed by atoms with E-state index in [1.54, 1.807) is 6.07 Å². The highest BCUT2D eigenvalue weighted by Crippen LogP contribution is 2.31. The maximum absolute atomic E-state index is 12.7. The minimum Gasteiger partial charge on any atom is -0.337 e. The Bertz CT molecular complexity index is 1250. The zero-order chi connectivity index (χ0) is 23.1. The van der Waals surface area contributed by atoms with Crippen molar-refractivity contribution in [3.05, 3.63) is 57.5 Å². The van der Waals surface area contributed by atoms with Gasteiger partial charge in [-0.05, 0) is 62.9 Å². The lowest BCUT2D eigenvalue weighted by Crippen LogP contribution is -2.45. The molecule has 2 aliphatic heterocycles. The number of amides is 1. The van der Waals surface area contributed by atoms with Crippen molar-refractivity contribution in [2.75, 3.05) is 19.6 Å². The Hall–Kier alpha value is -2.48. The number of rotatable bonds is 4. The zero-order valence-corrected chi connectivity index (χ0v) is 20.2. The van der Waals surface area contributed by atoms with Crippen LogP contribution in [0.4, 0.5) is 0 Å². The number of nitrogens with one attached hydrogen (secondary N) is 1. The van der Waals surface area contributed by atoms with Crippen molar-refractivity contribution < 1.29 is 4.79 Å². The van der Waals surface area contributed by atoms with Gasteiger partial charge in [-0.3, -0.25) is 4.79 Å². The monoisotopic (exact) mass is 484 g/mol. The molecule has 5 rings (SSSR count). The van der Waals surface area contributed by atoms with Crippen molar-refractivity contribution in [3.8, 4) is 0 Å². The predicted molar refractivity (Wildman–Crippen MR) is 131 cm³/mol. The summed E-state index contributed by atoms with van der Waals surface area (Å²) in [5, 5.41) is 9.20. The Kier molecular flexibility index (Phi) is 6.12. The molecule has 2 aliphatic rings. The van der Waals surface area contributed by atoms with Gasteiger partial charge in [-0.15, -0.1) is 0 Å². The summed E-state index contributed by atoms with van der Waals surface area (Å²) in [6, 6.07) is 5.32. The maximum Gasteiger partial charge on any atom is 0.239 e. The van der Waals surface area contributed by atoms with Crippen molar-refractivity contribution in [1.29, 1.82) is 0 Å². The molecule has 1 fully saturated rings. The summed E-state index contributed by atoms with van der Waals surface area (Å²) >= 11 is 12.5. The number of fused-ring (bicyclic) bond motifs is 1. The number of aromatic nitrogens is 4. The van der Waals surface area contributed by atoms with Gasteiger partial charge in [-0.2, -0.15) is 5.10 Å². The van der Waals surface area contributed by atoms with E-state index in [4.69, 9.17) is 33.3 Å². The fourth-order valence-electron chi connectivity index (χ4n) is 4.67. The van der Waals surface area contributed by atoms with Crippen LogP contribution in [0, 0.1) is 6.92 Å². The molecule has 172 valence electrons. The highest BCUT2D eigenvalue weighted by atomic mass is 35.5. The van der Waals surface area contributed by atoms with Gasteiger partial charge >= 0.3 is 0 Å². The van der Waals surface area contributed by atoms with Crippen LogP contribution >= 0.6 is 23.2 Å². The Balaban J connectivity index is 1.43. The van der Waals surface area contributed by atoms with Crippen LogP contribution in [0.1, 0.15) is 49.2 Å². The van der Waals surface area contributed by atoms with Crippen LogP contribution in [-0.2, 0) is 4.79 Å². The van der Waals surface area contributed by atoms with E-state index in [0.717, 1.165) is 59.5 Å². The van der Waals surface area contributed by atoms with Crippen molar-refractivity contribution in [1.82, 2.24) is 30.0 Å². The predicted octanol–water partition coefficient (Wildman–Crippen LogP) is 4.42. The molecule has 0 spiro atoms. The largest absolute Gasteiger partial charge is 0.337 e. The molecule has 0 aliphatic carbocycles. The molecule has 33 heavy (non-hydrogen) atoms. The molecule has 1 saturated heterocycles. The van der Waals surface area contributed by atoms with E-state index in [-0.39, 0.29) is 18.0 Å². The number of carbonyl (C=O) groups excluding carboxylic acids is 1. The standard InChI is InChI=1S/C24H26Cl2N6O/c1-14-22-23(32(30-14)15(2)18-6-5-17(25)12-19(18)26)29-21(13-28-22)16-7-10-31(11-8-16)24(33)20-4-3-9-27-20/h5-7,12-13,15,20,27H,3-4,8-11H2,1-2H3. The van der Waals surface area contributed by atoms with Gasteiger partial charge in [0.15, 0.2) is 5.65 Å². The van der Waals surface area contributed by atoms with E-state index in [2.05, 4.69) is 16.4 Å². The van der Waals surface area contributed by atoms with Crippen LogP contribution in [0.15, 0.2) is 30.5 Å². The topological polar surface area (TPSA) is 75.9 Å². The van der Waals surface area contributed by atoms with Gasteiger partial charge in [0, 0.05) is 23.1 Å². The molecule has 0 saturated carbocycles. The van der Waals surface area contributed by atoms with Gasteiger partial charge in [-0.25, -0.2) is 14.6 Å². The number of carbonyl (C=O) groups is 1. The molecule has 0 bridgehead atoms. The lowest BCUT2D eigenvalue weighted by molar-refractivity contribution is -0.132. The Morgan fingerprint density at radius 3 is 2.85 bits per heavy atom. The molecule has 1 N–H and O–H groups in total. The average molecular weight is 485 g/mol. The number of hydrogen-bond donors (Lipinski definition) is 1. The number of halogens is 2. The van der Waals surface area contributed by atoms with E-state index >= 15 is 0 Å². The Morgan fingerprint density at radius 2 is 2.15 bits per heavy atom. The molecule has 2 atom stereocenters. The fraction of sp³-hybridized carbons (Fsp3) is 0.417. The molecule has 2 unspecified atom stereocenters. The summed E-state index contributed by atoms with van der Waals surface area (Å²) in [7, 11) is 0. The van der Waals surface area contributed by atoms with E-state index in [1.165, 1.54) is 0 Å². The number of benzene rings is 1. The summed E-state index contributed by atoms with van der Waals surface area (Å²) in [6.45, 7) is 6.19. The SMILES string of the molecule is Cc1nn(C(C)c2ccc(Cl)cc2Cl)c2nc(C3=CCN(C(=O)C4CCCN4)CC3)cnc12. The third-order valence-electron chi connectivity index (χ3n) is 6.56. The average Bonchev–Trinajstić information content (AvgIpc) is 3.47.